The number of anilines is 2. The summed E-state index contributed by atoms with van der Waals surface area (Å²) in [6, 6.07) is 17.9. The van der Waals surface area contributed by atoms with Crippen molar-refractivity contribution >= 4 is 23.2 Å². The van der Waals surface area contributed by atoms with E-state index in [9.17, 15) is 9.59 Å². The molecule has 7 nitrogen and oxygen atoms in total. The fraction of sp³-hybridized carbons (Fsp3) is 0.167. The Morgan fingerprint density at radius 3 is 2.03 bits per heavy atom. The van der Waals surface area contributed by atoms with E-state index in [0.29, 0.717) is 45.3 Å². The zero-order valence-corrected chi connectivity index (χ0v) is 17.3. The number of fused-ring (bicyclic) bond motifs is 5. The highest BCUT2D eigenvalue weighted by Crippen LogP contribution is 2.51. The third kappa shape index (κ3) is 2.53. The van der Waals surface area contributed by atoms with Crippen molar-refractivity contribution in [1.29, 1.82) is 0 Å². The Morgan fingerprint density at radius 2 is 1.32 bits per heavy atom. The Labute approximate surface area is 179 Å². The van der Waals surface area contributed by atoms with E-state index in [-0.39, 0.29) is 11.8 Å². The van der Waals surface area contributed by atoms with Crippen LogP contribution in [-0.2, 0) is 0 Å². The summed E-state index contributed by atoms with van der Waals surface area (Å²) in [7, 11) is 4.58. The molecule has 1 unspecified atom stereocenters. The summed E-state index contributed by atoms with van der Waals surface area (Å²) in [5, 5.41) is 0. The van der Waals surface area contributed by atoms with Crippen LogP contribution >= 0.6 is 0 Å². The quantitative estimate of drug-likeness (QED) is 0.642. The zero-order chi connectivity index (χ0) is 21.7. The normalized spacial score (nSPS) is 16.5. The van der Waals surface area contributed by atoms with Gasteiger partial charge in [0.05, 0.1) is 43.8 Å². The van der Waals surface area contributed by atoms with Crippen molar-refractivity contribution in [3.63, 3.8) is 0 Å². The number of methoxy groups -OCH3 is 3. The van der Waals surface area contributed by atoms with Crippen molar-refractivity contribution in [1.82, 2.24) is 0 Å². The van der Waals surface area contributed by atoms with Gasteiger partial charge >= 0.3 is 0 Å². The van der Waals surface area contributed by atoms with Crippen molar-refractivity contribution < 1.29 is 23.8 Å². The number of ether oxygens (including phenoxy) is 3. The average molecular weight is 416 g/mol. The fourth-order valence-electron chi connectivity index (χ4n) is 4.42. The molecule has 1 atom stereocenters. The smallest absolute Gasteiger partial charge is 0.264 e. The highest BCUT2D eigenvalue weighted by atomic mass is 16.5. The Bertz CT molecular complexity index is 1220. The van der Waals surface area contributed by atoms with Gasteiger partial charge in [0, 0.05) is 5.56 Å². The highest BCUT2D eigenvalue weighted by Gasteiger charge is 2.50. The maximum absolute atomic E-state index is 13.7. The lowest BCUT2D eigenvalue weighted by molar-refractivity contribution is 0.0947. The number of carbonyl (C=O) groups is 2. The molecule has 0 fully saturated rings. The van der Waals surface area contributed by atoms with E-state index < -0.39 is 6.17 Å². The topological polar surface area (TPSA) is 68.3 Å². The standard InChI is InChI=1S/C24H20N2O5/c1-29-18-11-7-6-10-17(18)26-22-15-12-13-19(30-2)21(31-3)20(15)24(28)25(22)16-9-5-4-8-14(16)23(26)27/h4-13,22H,1-3H3. The molecule has 2 heterocycles. The molecule has 3 aromatic carbocycles. The Kier molecular flexibility index (Phi) is 4.32. The second kappa shape index (κ2) is 7.05. The highest BCUT2D eigenvalue weighted by molar-refractivity contribution is 6.22. The van der Waals surface area contributed by atoms with E-state index in [0.717, 1.165) is 0 Å². The molecule has 2 amide bonds. The lowest BCUT2D eigenvalue weighted by Gasteiger charge is -2.41. The SMILES string of the molecule is COc1ccccc1N1C(=O)c2ccccc2N2C(=O)c3c(ccc(OC)c3OC)C12. The fourth-order valence-corrected chi connectivity index (χ4v) is 4.42. The molecule has 2 aliphatic rings. The summed E-state index contributed by atoms with van der Waals surface area (Å²) >= 11 is 0. The van der Waals surface area contributed by atoms with Gasteiger partial charge in [0.2, 0.25) is 0 Å². The van der Waals surface area contributed by atoms with E-state index in [1.807, 2.05) is 30.3 Å². The molecule has 0 spiro atoms. The molecule has 0 saturated carbocycles. The lowest BCUT2D eigenvalue weighted by Crippen LogP contribution is -2.48. The minimum Gasteiger partial charge on any atom is -0.495 e. The maximum atomic E-state index is 13.7. The van der Waals surface area contributed by atoms with Gasteiger partial charge in [-0.15, -0.1) is 0 Å². The molecule has 2 aliphatic heterocycles. The van der Waals surface area contributed by atoms with Gasteiger partial charge < -0.3 is 14.2 Å². The van der Waals surface area contributed by atoms with Crippen LogP contribution in [0.2, 0.25) is 0 Å². The summed E-state index contributed by atoms with van der Waals surface area (Å²) in [5.74, 6) is 0.881. The number of nitrogens with zero attached hydrogens (tertiary/aromatic N) is 2. The lowest BCUT2D eigenvalue weighted by atomic mass is 10.0. The molecule has 31 heavy (non-hydrogen) atoms. The van der Waals surface area contributed by atoms with Gasteiger partial charge in [0.1, 0.15) is 11.9 Å². The first-order valence-electron chi connectivity index (χ1n) is 9.76. The number of benzene rings is 3. The van der Waals surface area contributed by atoms with Gasteiger partial charge in [0.25, 0.3) is 11.8 Å². The molecular weight excluding hydrogens is 396 g/mol. The first-order chi connectivity index (χ1) is 15.1. The van der Waals surface area contributed by atoms with Crippen LogP contribution in [0.1, 0.15) is 32.4 Å². The first-order valence-corrected chi connectivity index (χ1v) is 9.76. The van der Waals surface area contributed by atoms with Crippen LogP contribution in [0.5, 0.6) is 17.2 Å². The molecule has 7 heteroatoms. The molecule has 0 aliphatic carbocycles. The predicted molar refractivity (Wildman–Crippen MR) is 115 cm³/mol. The van der Waals surface area contributed by atoms with E-state index in [2.05, 4.69) is 0 Å². The molecular formula is C24H20N2O5. The van der Waals surface area contributed by atoms with Crippen LogP contribution in [0, 0.1) is 0 Å². The van der Waals surface area contributed by atoms with Crippen molar-refractivity contribution in [2.24, 2.45) is 0 Å². The summed E-state index contributed by atoms with van der Waals surface area (Å²) < 4.78 is 16.5. The van der Waals surface area contributed by atoms with Gasteiger partial charge in [-0.3, -0.25) is 19.4 Å². The number of rotatable bonds is 4. The van der Waals surface area contributed by atoms with Crippen LogP contribution in [0.15, 0.2) is 60.7 Å². The minimum atomic E-state index is -0.680. The molecule has 0 saturated heterocycles. The van der Waals surface area contributed by atoms with Gasteiger partial charge in [-0.1, -0.05) is 30.3 Å². The molecule has 5 rings (SSSR count). The van der Waals surface area contributed by atoms with Gasteiger partial charge in [-0.05, 0) is 30.3 Å². The summed E-state index contributed by atoms with van der Waals surface area (Å²) in [5.41, 5.74) is 2.63. The summed E-state index contributed by atoms with van der Waals surface area (Å²) in [6.45, 7) is 0. The first kappa shape index (κ1) is 19.0. The van der Waals surface area contributed by atoms with E-state index in [4.69, 9.17) is 14.2 Å². The number of amides is 2. The minimum absolute atomic E-state index is 0.211. The zero-order valence-electron chi connectivity index (χ0n) is 17.3. The molecule has 0 aromatic heterocycles. The maximum Gasteiger partial charge on any atom is 0.264 e. The summed E-state index contributed by atoms with van der Waals surface area (Å²) in [6.07, 6.45) is -0.680. The van der Waals surface area contributed by atoms with Crippen molar-refractivity contribution in [2.45, 2.75) is 6.17 Å². The van der Waals surface area contributed by atoms with E-state index in [1.165, 1.54) is 14.2 Å². The molecule has 0 N–H and O–H groups in total. The Hall–Kier alpha value is -4.00. The van der Waals surface area contributed by atoms with Crippen LogP contribution in [0.25, 0.3) is 0 Å². The van der Waals surface area contributed by atoms with Crippen molar-refractivity contribution in [3.8, 4) is 17.2 Å². The summed E-state index contributed by atoms with van der Waals surface area (Å²) in [4.78, 5) is 30.6. The van der Waals surface area contributed by atoms with Crippen LogP contribution in [0.4, 0.5) is 11.4 Å². The van der Waals surface area contributed by atoms with Crippen molar-refractivity contribution in [2.75, 3.05) is 31.1 Å². The second-order valence-electron chi connectivity index (χ2n) is 7.18. The van der Waals surface area contributed by atoms with Crippen LogP contribution in [0.3, 0.4) is 0 Å². The third-order valence-electron chi connectivity index (χ3n) is 5.74. The van der Waals surface area contributed by atoms with Crippen LogP contribution in [-0.4, -0.2) is 33.1 Å². The number of para-hydroxylation sites is 3. The monoisotopic (exact) mass is 416 g/mol. The van der Waals surface area contributed by atoms with Gasteiger partial charge in [-0.2, -0.15) is 0 Å². The van der Waals surface area contributed by atoms with E-state index in [1.54, 1.807) is 47.2 Å². The predicted octanol–water partition coefficient (Wildman–Crippen LogP) is 4.03. The second-order valence-corrected chi connectivity index (χ2v) is 7.18. The van der Waals surface area contributed by atoms with Gasteiger partial charge in [0.15, 0.2) is 11.5 Å². The third-order valence-corrected chi connectivity index (χ3v) is 5.74. The average Bonchev–Trinajstić information content (AvgIpc) is 3.11. The molecule has 156 valence electrons. The Balaban J connectivity index is 1.82. The molecule has 0 bridgehead atoms. The van der Waals surface area contributed by atoms with E-state index >= 15 is 0 Å². The molecule has 0 radical (unpaired) electrons. The van der Waals surface area contributed by atoms with Crippen molar-refractivity contribution in [3.05, 3.63) is 77.4 Å². The van der Waals surface area contributed by atoms with Gasteiger partial charge in [-0.25, -0.2) is 0 Å². The number of hydrogen-bond acceptors (Lipinski definition) is 5. The number of carbonyl (C=O) groups excluding carboxylic acids is 2. The Morgan fingerprint density at radius 1 is 0.677 bits per heavy atom. The molecule has 3 aromatic rings. The van der Waals surface area contributed by atoms with Crippen LogP contribution < -0.4 is 24.0 Å². The number of hydrogen-bond donors (Lipinski definition) is 0. The largest absolute Gasteiger partial charge is 0.495 e.